The van der Waals surface area contributed by atoms with Crippen molar-refractivity contribution in [3.05, 3.63) is 41.1 Å². The molecule has 2 aliphatic rings. The van der Waals surface area contributed by atoms with Crippen LogP contribution in [0.2, 0.25) is 5.02 Å². The van der Waals surface area contributed by atoms with Crippen LogP contribution in [-0.4, -0.2) is 24.0 Å². The Bertz CT molecular complexity index is 440. The Morgan fingerprint density at radius 3 is 2.82 bits per heavy atom. The number of nitrogens with zero attached hydrogens (tertiary/aromatic N) is 1. The van der Waals surface area contributed by atoms with E-state index in [4.69, 9.17) is 16.3 Å². The van der Waals surface area contributed by atoms with Gasteiger partial charge in [-0.3, -0.25) is 4.90 Å². The maximum Gasteiger partial charge on any atom is 0.128 e. The lowest BCUT2D eigenvalue weighted by molar-refractivity contribution is 0.253. The molecule has 1 aliphatic heterocycles. The summed E-state index contributed by atoms with van der Waals surface area (Å²) in [5, 5.41) is 0.721. The first-order valence-corrected chi connectivity index (χ1v) is 6.55. The highest BCUT2D eigenvalue weighted by molar-refractivity contribution is 6.30. The minimum atomic E-state index is 0.721. The Balaban J connectivity index is 1.62. The van der Waals surface area contributed by atoms with Crippen LogP contribution >= 0.6 is 11.6 Å². The highest BCUT2D eigenvalue weighted by Gasteiger charge is 2.29. The van der Waals surface area contributed by atoms with Crippen molar-refractivity contribution in [3.8, 4) is 5.75 Å². The first-order valence-electron chi connectivity index (χ1n) is 6.18. The maximum absolute atomic E-state index is 5.93. The predicted octanol–water partition coefficient (Wildman–Crippen LogP) is 3.47. The normalized spacial score (nSPS) is 21.1. The Labute approximate surface area is 107 Å². The van der Waals surface area contributed by atoms with E-state index in [0.717, 1.165) is 42.1 Å². The summed E-state index contributed by atoms with van der Waals surface area (Å²) >= 11 is 5.93. The second-order valence-corrected chi connectivity index (χ2v) is 5.14. The second kappa shape index (κ2) is 4.71. The largest absolute Gasteiger partial charge is 0.462 e. The fourth-order valence-corrected chi connectivity index (χ4v) is 2.39. The molecular formula is C14H16ClNO. The molecule has 17 heavy (non-hydrogen) atoms. The van der Waals surface area contributed by atoms with Crippen LogP contribution in [0.5, 0.6) is 5.75 Å². The summed E-state index contributed by atoms with van der Waals surface area (Å²) in [6.45, 7) is 2.15. The van der Waals surface area contributed by atoms with Crippen LogP contribution < -0.4 is 4.74 Å². The van der Waals surface area contributed by atoms with E-state index in [1.807, 2.05) is 24.3 Å². The van der Waals surface area contributed by atoms with Crippen molar-refractivity contribution in [3.63, 3.8) is 0 Å². The van der Waals surface area contributed by atoms with Gasteiger partial charge in [-0.15, -0.1) is 0 Å². The lowest BCUT2D eigenvalue weighted by Gasteiger charge is -2.25. The van der Waals surface area contributed by atoms with Gasteiger partial charge in [-0.1, -0.05) is 17.7 Å². The number of ether oxygens (including phenoxy) is 1. The maximum atomic E-state index is 5.93. The molecule has 3 rings (SSSR count). The third-order valence-electron chi connectivity index (χ3n) is 3.31. The van der Waals surface area contributed by atoms with E-state index in [1.54, 1.807) is 0 Å². The number of hydrogen-bond donors (Lipinski definition) is 0. The molecule has 1 aliphatic carbocycles. The van der Waals surface area contributed by atoms with Crippen LogP contribution in [0.25, 0.3) is 0 Å². The van der Waals surface area contributed by atoms with Crippen molar-refractivity contribution in [2.75, 3.05) is 13.1 Å². The fraction of sp³-hybridized carbons (Fsp3) is 0.429. The van der Waals surface area contributed by atoms with Crippen LogP contribution in [0, 0.1) is 0 Å². The standard InChI is InChI=1S/C14H16ClNO/c15-11-2-1-3-14(10-11)17-13-6-8-16(9-7-13)12-4-5-12/h1-3,6,10,12H,4-5,7-9H2. The molecule has 2 nitrogen and oxygen atoms in total. The topological polar surface area (TPSA) is 12.5 Å². The molecule has 0 N–H and O–H groups in total. The average Bonchev–Trinajstić information content (AvgIpc) is 3.14. The third-order valence-corrected chi connectivity index (χ3v) is 3.54. The molecule has 0 bridgehead atoms. The minimum absolute atomic E-state index is 0.721. The number of halogens is 1. The zero-order chi connectivity index (χ0) is 11.7. The molecule has 0 radical (unpaired) electrons. The van der Waals surface area contributed by atoms with Gasteiger partial charge in [0.1, 0.15) is 11.5 Å². The van der Waals surface area contributed by atoms with Crippen molar-refractivity contribution in [1.29, 1.82) is 0 Å². The highest BCUT2D eigenvalue weighted by atomic mass is 35.5. The minimum Gasteiger partial charge on any atom is -0.462 e. The van der Waals surface area contributed by atoms with Gasteiger partial charge in [-0.25, -0.2) is 0 Å². The molecule has 1 heterocycles. The molecule has 1 saturated carbocycles. The van der Waals surface area contributed by atoms with Gasteiger partial charge in [0, 0.05) is 30.6 Å². The van der Waals surface area contributed by atoms with Gasteiger partial charge in [0.15, 0.2) is 0 Å². The van der Waals surface area contributed by atoms with Crippen LogP contribution in [0.3, 0.4) is 0 Å². The zero-order valence-electron chi connectivity index (χ0n) is 9.73. The van der Waals surface area contributed by atoms with Gasteiger partial charge in [0.05, 0.1) is 0 Å². The molecule has 0 spiro atoms. The first-order chi connectivity index (χ1) is 8.31. The highest BCUT2D eigenvalue weighted by Crippen LogP contribution is 2.29. The molecule has 3 heteroatoms. The molecule has 0 atom stereocenters. The van der Waals surface area contributed by atoms with Crippen molar-refractivity contribution < 1.29 is 4.74 Å². The fourth-order valence-electron chi connectivity index (χ4n) is 2.21. The van der Waals surface area contributed by atoms with E-state index in [2.05, 4.69) is 11.0 Å². The summed E-state index contributed by atoms with van der Waals surface area (Å²) in [6, 6.07) is 8.42. The van der Waals surface area contributed by atoms with E-state index >= 15 is 0 Å². The zero-order valence-corrected chi connectivity index (χ0v) is 10.5. The SMILES string of the molecule is Clc1cccc(OC2=CCN(C3CC3)CC2)c1. The Kier molecular flexibility index (Phi) is 3.08. The van der Waals surface area contributed by atoms with Crippen molar-refractivity contribution in [2.45, 2.75) is 25.3 Å². The smallest absolute Gasteiger partial charge is 0.128 e. The Hall–Kier alpha value is -0.990. The summed E-state index contributed by atoms with van der Waals surface area (Å²) in [4.78, 5) is 2.53. The number of hydrogen-bond acceptors (Lipinski definition) is 2. The quantitative estimate of drug-likeness (QED) is 0.813. The number of benzene rings is 1. The van der Waals surface area contributed by atoms with Crippen LogP contribution in [0.1, 0.15) is 19.3 Å². The van der Waals surface area contributed by atoms with Crippen LogP contribution in [0.15, 0.2) is 36.1 Å². The molecular weight excluding hydrogens is 234 g/mol. The van der Waals surface area contributed by atoms with Gasteiger partial charge < -0.3 is 4.74 Å². The summed E-state index contributed by atoms with van der Waals surface area (Å²) in [7, 11) is 0. The first kappa shape index (κ1) is 11.1. The molecule has 0 amide bonds. The van der Waals surface area contributed by atoms with E-state index in [0.29, 0.717) is 0 Å². The summed E-state index contributed by atoms with van der Waals surface area (Å²) in [6.07, 6.45) is 5.95. The molecule has 1 fully saturated rings. The van der Waals surface area contributed by atoms with Gasteiger partial charge >= 0.3 is 0 Å². The van der Waals surface area contributed by atoms with Gasteiger partial charge in [0.2, 0.25) is 0 Å². The Morgan fingerprint density at radius 1 is 1.29 bits per heavy atom. The molecule has 0 unspecified atom stereocenters. The lowest BCUT2D eigenvalue weighted by Crippen LogP contribution is -2.31. The molecule has 90 valence electrons. The van der Waals surface area contributed by atoms with Gasteiger partial charge in [0.25, 0.3) is 0 Å². The summed E-state index contributed by atoms with van der Waals surface area (Å²) in [5.41, 5.74) is 0. The predicted molar refractivity (Wildman–Crippen MR) is 69.4 cm³/mol. The van der Waals surface area contributed by atoms with Crippen molar-refractivity contribution in [2.24, 2.45) is 0 Å². The molecule has 1 aromatic carbocycles. The molecule has 0 aromatic heterocycles. The van der Waals surface area contributed by atoms with Gasteiger partial charge in [-0.05, 0) is 37.1 Å². The van der Waals surface area contributed by atoms with Crippen LogP contribution in [0.4, 0.5) is 0 Å². The lowest BCUT2D eigenvalue weighted by atomic mass is 10.2. The van der Waals surface area contributed by atoms with Crippen LogP contribution in [-0.2, 0) is 0 Å². The molecule has 1 aromatic rings. The van der Waals surface area contributed by atoms with E-state index in [9.17, 15) is 0 Å². The Morgan fingerprint density at radius 2 is 2.18 bits per heavy atom. The second-order valence-electron chi connectivity index (χ2n) is 4.71. The third kappa shape index (κ3) is 2.82. The van der Waals surface area contributed by atoms with Crippen molar-refractivity contribution >= 4 is 11.6 Å². The van der Waals surface area contributed by atoms with E-state index < -0.39 is 0 Å². The monoisotopic (exact) mass is 249 g/mol. The van der Waals surface area contributed by atoms with E-state index in [-0.39, 0.29) is 0 Å². The summed E-state index contributed by atoms with van der Waals surface area (Å²) in [5.74, 6) is 1.91. The number of rotatable bonds is 3. The molecule has 0 saturated heterocycles. The summed E-state index contributed by atoms with van der Waals surface area (Å²) < 4.78 is 5.83. The van der Waals surface area contributed by atoms with Gasteiger partial charge in [-0.2, -0.15) is 0 Å². The van der Waals surface area contributed by atoms with Crippen molar-refractivity contribution in [1.82, 2.24) is 4.90 Å². The van der Waals surface area contributed by atoms with E-state index in [1.165, 1.54) is 12.8 Å². The average molecular weight is 250 g/mol.